The SMILES string of the molecule is O=C(CCN1CCOCC1)Oc1ccc(C2(c3ccc(OC(=O)CCN4CCOCC4)cc3)c3ccccc3-c3ccccc32)cc1. The molecule has 1 aliphatic carbocycles. The summed E-state index contributed by atoms with van der Waals surface area (Å²) in [6.45, 7) is 7.49. The van der Waals surface area contributed by atoms with Crippen LogP contribution in [-0.4, -0.2) is 87.4 Å². The maximum absolute atomic E-state index is 12.7. The second-order valence-corrected chi connectivity index (χ2v) is 12.2. The molecule has 0 spiro atoms. The molecule has 0 radical (unpaired) electrons. The standard InChI is InChI=1S/C39H40N2O6/c42-37(17-19-40-21-25-44-26-22-40)46-31-13-9-29(10-14-31)39(35-7-3-1-5-33(35)34-6-2-4-8-36(34)39)30-11-15-32(16-12-30)47-38(43)18-20-41-23-27-45-28-24-41/h1-16H,17-28H2. The molecule has 242 valence electrons. The van der Waals surface area contributed by atoms with Gasteiger partial charge in [0.2, 0.25) is 0 Å². The summed E-state index contributed by atoms with van der Waals surface area (Å²) in [5.41, 5.74) is 6.20. The Kier molecular flexibility index (Phi) is 9.44. The van der Waals surface area contributed by atoms with Gasteiger partial charge in [0, 0.05) is 39.3 Å². The zero-order valence-corrected chi connectivity index (χ0v) is 26.6. The van der Waals surface area contributed by atoms with Gasteiger partial charge in [-0.15, -0.1) is 0 Å². The number of carbonyl (C=O) groups is 2. The van der Waals surface area contributed by atoms with E-state index in [1.165, 1.54) is 22.3 Å². The number of fused-ring (bicyclic) bond motifs is 3. The zero-order chi connectivity index (χ0) is 32.1. The van der Waals surface area contributed by atoms with Crippen LogP contribution >= 0.6 is 0 Å². The summed E-state index contributed by atoms with van der Waals surface area (Å²) in [6.07, 6.45) is 0.660. The summed E-state index contributed by atoms with van der Waals surface area (Å²) >= 11 is 0. The highest BCUT2D eigenvalue weighted by Gasteiger charge is 2.45. The van der Waals surface area contributed by atoms with E-state index < -0.39 is 5.41 Å². The lowest BCUT2D eigenvalue weighted by molar-refractivity contribution is -0.135. The van der Waals surface area contributed by atoms with Crippen LogP contribution in [0.2, 0.25) is 0 Å². The molecule has 2 heterocycles. The van der Waals surface area contributed by atoms with E-state index in [1.807, 2.05) is 24.3 Å². The normalized spacial score (nSPS) is 17.4. The monoisotopic (exact) mass is 632 g/mol. The Morgan fingerprint density at radius 1 is 0.553 bits per heavy atom. The molecule has 0 aromatic heterocycles. The van der Waals surface area contributed by atoms with E-state index in [0.29, 0.717) is 63.9 Å². The fourth-order valence-corrected chi connectivity index (χ4v) is 7.08. The molecule has 8 heteroatoms. The lowest BCUT2D eigenvalue weighted by Gasteiger charge is -2.34. The van der Waals surface area contributed by atoms with Crippen molar-refractivity contribution < 1.29 is 28.5 Å². The highest BCUT2D eigenvalue weighted by atomic mass is 16.5. The second kappa shape index (κ2) is 14.2. The van der Waals surface area contributed by atoms with Crippen LogP contribution in [0.4, 0.5) is 0 Å². The molecule has 8 nitrogen and oxygen atoms in total. The Balaban J connectivity index is 1.15. The van der Waals surface area contributed by atoms with E-state index >= 15 is 0 Å². The largest absolute Gasteiger partial charge is 0.426 e. The summed E-state index contributed by atoms with van der Waals surface area (Å²) in [7, 11) is 0. The van der Waals surface area contributed by atoms with Crippen molar-refractivity contribution in [2.75, 3.05) is 65.7 Å². The van der Waals surface area contributed by atoms with Crippen LogP contribution in [0.3, 0.4) is 0 Å². The van der Waals surface area contributed by atoms with Crippen molar-refractivity contribution in [2.45, 2.75) is 18.3 Å². The predicted octanol–water partition coefficient (Wildman–Crippen LogP) is 5.31. The Labute approximate surface area is 275 Å². The number of ether oxygens (including phenoxy) is 4. The van der Waals surface area contributed by atoms with Crippen molar-refractivity contribution in [3.8, 4) is 22.6 Å². The van der Waals surface area contributed by atoms with Gasteiger partial charge in [-0.2, -0.15) is 0 Å². The molecule has 0 bridgehead atoms. The first-order valence-corrected chi connectivity index (χ1v) is 16.5. The molecule has 0 saturated carbocycles. The Bertz CT molecular complexity index is 1560. The van der Waals surface area contributed by atoms with Crippen LogP contribution in [0.15, 0.2) is 97.1 Å². The molecule has 0 amide bonds. The van der Waals surface area contributed by atoms with Crippen LogP contribution < -0.4 is 9.47 Å². The first-order chi connectivity index (χ1) is 23.1. The van der Waals surface area contributed by atoms with Crippen molar-refractivity contribution in [3.63, 3.8) is 0 Å². The second-order valence-electron chi connectivity index (χ2n) is 12.2. The van der Waals surface area contributed by atoms with Crippen molar-refractivity contribution in [1.82, 2.24) is 9.80 Å². The number of morpholine rings is 2. The Morgan fingerprint density at radius 2 is 0.936 bits per heavy atom. The predicted molar refractivity (Wildman–Crippen MR) is 179 cm³/mol. The minimum Gasteiger partial charge on any atom is -0.426 e. The minimum absolute atomic E-state index is 0.245. The van der Waals surface area contributed by atoms with Gasteiger partial charge in [-0.25, -0.2) is 0 Å². The Hall–Kier alpha value is -4.34. The summed E-state index contributed by atoms with van der Waals surface area (Å²) in [6, 6.07) is 32.8. The minimum atomic E-state index is -0.620. The van der Waals surface area contributed by atoms with E-state index in [0.717, 1.165) is 37.3 Å². The van der Waals surface area contributed by atoms with Gasteiger partial charge >= 0.3 is 11.9 Å². The smallest absolute Gasteiger partial charge is 0.312 e. The molecule has 47 heavy (non-hydrogen) atoms. The average Bonchev–Trinajstić information content (AvgIpc) is 3.43. The summed E-state index contributed by atoms with van der Waals surface area (Å²) in [4.78, 5) is 29.9. The average molecular weight is 633 g/mol. The molecular weight excluding hydrogens is 592 g/mol. The van der Waals surface area contributed by atoms with Gasteiger partial charge in [0.25, 0.3) is 0 Å². The number of carbonyl (C=O) groups excluding carboxylic acids is 2. The van der Waals surface area contributed by atoms with E-state index in [2.05, 4.69) is 82.6 Å². The maximum atomic E-state index is 12.7. The van der Waals surface area contributed by atoms with Gasteiger partial charge in [0.05, 0.1) is 44.7 Å². The molecule has 0 N–H and O–H groups in total. The molecule has 2 saturated heterocycles. The summed E-state index contributed by atoms with van der Waals surface area (Å²) < 4.78 is 22.3. The van der Waals surface area contributed by atoms with Gasteiger partial charge in [0.1, 0.15) is 11.5 Å². The first kappa shape index (κ1) is 31.3. The van der Waals surface area contributed by atoms with Crippen molar-refractivity contribution in [2.24, 2.45) is 0 Å². The first-order valence-electron chi connectivity index (χ1n) is 16.5. The fraction of sp³-hybridized carbons (Fsp3) is 0.333. The number of nitrogens with zero attached hydrogens (tertiary/aromatic N) is 2. The molecule has 3 aliphatic rings. The third-order valence-corrected chi connectivity index (χ3v) is 9.46. The molecule has 7 rings (SSSR count). The van der Waals surface area contributed by atoms with Crippen LogP contribution in [0.25, 0.3) is 11.1 Å². The molecule has 4 aromatic carbocycles. The van der Waals surface area contributed by atoms with Crippen molar-refractivity contribution in [1.29, 1.82) is 0 Å². The van der Waals surface area contributed by atoms with Gasteiger partial charge in [-0.1, -0.05) is 72.8 Å². The van der Waals surface area contributed by atoms with E-state index in [1.54, 1.807) is 0 Å². The molecule has 2 aliphatic heterocycles. The maximum Gasteiger partial charge on any atom is 0.312 e. The van der Waals surface area contributed by atoms with Gasteiger partial charge in [-0.05, 0) is 57.6 Å². The van der Waals surface area contributed by atoms with E-state index in [-0.39, 0.29) is 11.9 Å². The lowest BCUT2D eigenvalue weighted by atomic mass is 9.68. The summed E-state index contributed by atoms with van der Waals surface area (Å²) in [5.74, 6) is 0.556. The highest BCUT2D eigenvalue weighted by Crippen LogP contribution is 2.56. The fourth-order valence-electron chi connectivity index (χ4n) is 7.08. The van der Waals surface area contributed by atoms with E-state index in [9.17, 15) is 9.59 Å². The van der Waals surface area contributed by atoms with Gasteiger partial charge in [-0.3, -0.25) is 19.4 Å². The lowest BCUT2D eigenvalue weighted by Crippen LogP contribution is -2.37. The van der Waals surface area contributed by atoms with Crippen LogP contribution in [-0.2, 0) is 24.5 Å². The molecule has 2 fully saturated rings. The third-order valence-electron chi connectivity index (χ3n) is 9.46. The number of esters is 2. The number of rotatable bonds is 10. The molecule has 4 aromatic rings. The third kappa shape index (κ3) is 6.60. The number of benzene rings is 4. The van der Waals surface area contributed by atoms with Crippen molar-refractivity contribution in [3.05, 3.63) is 119 Å². The molecule has 0 unspecified atom stereocenters. The zero-order valence-electron chi connectivity index (χ0n) is 26.6. The highest BCUT2D eigenvalue weighted by molar-refractivity contribution is 5.86. The number of hydrogen-bond donors (Lipinski definition) is 0. The van der Waals surface area contributed by atoms with Gasteiger partial charge in [0.15, 0.2) is 0 Å². The van der Waals surface area contributed by atoms with Crippen molar-refractivity contribution >= 4 is 11.9 Å². The number of hydrogen-bond acceptors (Lipinski definition) is 8. The van der Waals surface area contributed by atoms with E-state index in [4.69, 9.17) is 18.9 Å². The van der Waals surface area contributed by atoms with Crippen LogP contribution in [0.1, 0.15) is 35.1 Å². The van der Waals surface area contributed by atoms with Crippen LogP contribution in [0.5, 0.6) is 11.5 Å². The topological polar surface area (TPSA) is 77.5 Å². The van der Waals surface area contributed by atoms with Crippen LogP contribution in [0, 0.1) is 0 Å². The summed E-state index contributed by atoms with van der Waals surface area (Å²) in [5, 5.41) is 0. The quantitative estimate of drug-likeness (QED) is 0.152. The molecule has 0 atom stereocenters. The van der Waals surface area contributed by atoms with Gasteiger partial charge < -0.3 is 18.9 Å². The Morgan fingerprint density at radius 3 is 1.34 bits per heavy atom. The molecular formula is C39H40N2O6.